The van der Waals surface area contributed by atoms with Crippen molar-refractivity contribution in [2.45, 2.75) is 40.0 Å². The van der Waals surface area contributed by atoms with Crippen molar-refractivity contribution in [1.82, 2.24) is 24.6 Å². The maximum Gasteiger partial charge on any atom is 0.203 e. The Morgan fingerprint density at radius 1 is 1.14 bits per heavy atom. The molecule has 0 unspecified atom stereocenters. The number of hydrogen-bond acceptors (Lipinski definition) is 8. The van der Waals surface area contributed by atoms with Crippen LogP contribution in [0, 0.1) is 6.92 Å². The lowest BCUT2D eigenvalue weighted by atomic mass is 10.00. The van der Waals surface area contributed by atoms with Gasteiger partial charge in [0.15, 0.2) is 5.76 Å². The van der Waals surface area contributed by atoms with Gasteiger partial charge in [-0.1, -0.05) is 13.0 Å². The van der Waals surface area contributed by atoms with Crippen LogP contribution in [0.3, 0.4) is 0 Å². The van der Waals surface area contributed by atoms with Gasteiger partial charge in [-0.15, -0.1) is 16.4 Å². The lowest BCUT2D eigenvalue weighted by Gasteiger charge is -2.05. The van der Waals surface area contributed by atoms with Gasteiger partial charge in [0.25, 0.3) is 0 Å². The maximum atomic E-state index is 6.27. The van der Waals surface area contributed by atoms with Gasteiger partial charge in [-0.2, -0.15) is 0 Å². The van der Waals surface area contributed by atoms with E-state index in [1.165, 1.54) is 11.1 Å². The van der Waals surface area contributed by atoms with Gasteiger partial charge in [-0.05, 0) is 49.4 Å². The standard InChI is InChI=1S/C26H26N6O2S/c1-5-18-10-19(6-7-20-15-35-26(30-20)22-13-27-8-9-28-22)21-12-25(34-24(21)11-18)23-14-32(16(2)29-23)31-17(3)33-4/h8-15H,5-7H2,1-4H3/b31-17+. The third-order valence-corrected chi connectivity index (χ3v) is 6.74. The Labute approximate surface area is 207 Å². The summed E-state index contributed by atoms with van der Waals surface area (Å²) >= 11 is 1.60. The molecule has 0 aliphatic heterocycles. The highest BCUT2D eigenvalue weighted by Gasteiger charge is 2.15. The third kappa shape index (κ3) is 4.85. The topological polar surface area (TPSA) is 91.2 Å². The predicted octanol–water partition coefficient (Wildman–Crippen LogP) is 5.69. The van der Waals surface area contributed by atoms with Gasteiger partial charge in [0.2, 0.25) is 5.90 Å². The van der Waals surface area contributed by atoms with Crippen LogP contribution in [0.5, 0.6) is 0 Å². The Balaban J connectivity index is 1.43. The molecule has 0 aliphatic carbocycles. The molecule has 0 atom stereocenters. The first kappa shape index (κ1) is 22.9. The molecule has 178 valence electrons. The van der Waals surface area contributed by atoms with Crippen LogP contribution < -0.4 is 0 Å². The van der Waals surface area contributed by atoms with Crippen molar-refractivity contribution in [3.63, 3.8) is 0 Å². The van der Waals surface area contributed by atoms with Crippen LogP contribution in [0.2, 0.25) is 0 Å². The van der Waals surface area contributed by atoms with E-state index >= 15 is 0 Å². The van der Waals surface area contributed by atoms with Gasteiger partial charge >= 0.3 is 0 Å². The van der Waals surface area contributed by atoms with E-state index in [1.54, 1.807) is 48.6 Å². The first-order valence-corrected chi connectivity index (χ1v) is 12.3. The van der Waals surface area contributed by atoms with Crippen LogP contribution >= 0.6 is 11.3 Å². The summed E-state index contributed by atoms with van der Waals surface area (Å²) in [6, 6.07) is 6.47. The quantitative estimate of drug-likeness (QED) is 0.217. The Kier molecular flexibility index (Phi) is 6.41. The Hall–Kier alpha value is -3.85. The number of rotatable bonds is 7. The molecule has 0 spiro atoms. The van der Waals surface area contributed by atoms with Crippen molar-refractivity contribution in [3.05, 3.63) is 71.0 Å². The van der Waals surface area contributed by atoms with Crippen LogP contribution in [0.1, 0.15) is 36.5 Å². The summed E-state index contributed by atoms with van der Waals surface area (Å²) in [7, 11) is 1.60. The predicted molar refractivity (Wildman–Crippen MR) is 138 cm³/mol. The van der Waals surface area contributed by atoms with E-state index in [1.807, 2.05) is 13.1 Å². The van der Waals surface area contributed by atoms with Gasteiger partial charge < -0.3 is 9.15 Å². The minimum atomic E-state index is 0.557. The van der Waals surface area contributed by atoms with Crippen molar-refractivity contribution in [2.24, 2.45) is 5.10 Å². The molecule has 35 heavy (non-hydrogen) atoms. The molecule has 0 radical (unpaired) electrons. The van der Waals surface area contributed by atoms with Crippen molar-refractivity contribution in [3.8, 4) is 22.2 Å². The smallest absolute Gasteiger partial charge is 0.203 e. The van der Waals surface area contributed by atoms with Crippen molar-refractivity contribution in [1.29, 1.82) is 0 Å². The summed E-state index contributed by atoms with van der Waals surface area (Å²) in [4.78, 5) is 17.9. The number of aromatic nitrogens is 5. The van der Waals surface area contributed by atoms with Crippen molar-refractivity contribution in [2.75, 3.05) is 7.11 Å². The molecule has 0 amide bonds. The summed E-state index contributed by atoms with van der Waals surface area (Å²) < 4.78 is 13.1. The average Bonchev–Trinajstić information content (AvgIpc) is 3.61. The van der Waals surface area contributed by atoms with Crippen LogP contribution in [0.15, 0.2) is 57.9 Å². The number of fused-ring (bicyclic) bond motifs is 1. The third-order valence-electron chi connectivity index (χ3n) is 5.83. The molecule has 5 rings (SSSR count). The molecule has 0 saturated heterocycles. The Bertz CT molecular complexity index is 1500. The van der Waals surface area contributed by atoms with Gasteiger partial charge in [0, 0.05) is 30.1 Å². The molecule has 0 N–H and O–H groups in total. The number of aryl methyl sites for hydroxylation is 4. The molecule has 4 heterocycles. The summed E-state index contributed by atoms with van der Waals surface area (Å²) in [6.45, 7) is 5.86. The number of ether oxygens (including phenoxy) is 1. The highest BCUT2D eigenvalue weighted by Crippen LogP contribution is 2.32. The molecule has 0 bridgehead atoms. The molecule has 1 aromatic carbocycles. The average molecular weight is 487 g/mol. The second-order valence-electron chi connectivity index (χ2n) is 8.21. The number of thiazole rings is 1. The van der Waals surface area contributed by atoms with Gasteiger partial charge in [-0.25, -0.2) is 14.6 Å². The van der Waals surface area contributed by atoms with Crippen LogP contribution in [-0.4, -0.2) is 37.6 Å². The molecule has 0 fully saturated rings. The maximum absolute atomic E-state index is 6.27. The first-order chi connectivity index (χ1) is 17.0. The molecular formula is C26H26N6O2S. The fourth-order valence-corrected chi connectivity index (χ4v) is 4.71. The molecule has 0 saturated carbocycles. The normalized spacial score (nSPS) is 11.9. The molecule has 0 aliphatic rings. The summed E-state index contributed by atoms with van der Waals surface area (Å²) in [5, 5.41) is 8.50. The van der Waals surface area contributed by atoms with Crippen molar-refractivity contribution >= 4 is 28.2 Å². The number of benzene rings is 1. The van der Waals surface area contributed by atoms with Gasteiger partial charge in [0.05, 0.1) is 25.2 Å². The van der Waals surface area contributed by atoms with Crippen LogP contribution in [0.25, 0.3) is 33.1 Å². The van der Waals surface area contributed by atoms with Crippen LogP contribution in [0.4, 0.5) is 0 Å². The Morgan fingerprint density at radius 3 is 2.80 bits per heavy atom. The number of furan rings is 1. The monoisotopic (exact) mass is 486 g/mol. The van der Waals surface area contributed by atoms with E-state index in [0.717, 1.165) is 63.9 Å². The highest BCUT2D eigenvalue weighted by atomic mass is 32.1. The number of hydrogen-bond donors (Lipinski definition) is 0. The van der Waals surface area contributed by atoms with E-state index in [0.29, 0.717) is 5.90 Å². The largest absolute Gasteiger partial charge is 0.483 e. The zero-order chi connectivity index (χ0) is 24.4. The zero-order valence-electron chi connectivity index (χ0n) is 20.1. The zero-order valence-corrected chi connectivity index (χ0v) is 21.0. The lowest BCUT2D eigenvalue weighted by molar-refractivity contribution is 0.394. The van der Waals surface area contributed by atoms with E-state index in [-0.39, 0.29) is 0 Å². The van der Waals surface area contributed by atoms with Crippen LogP contribution in [-0.2, 0) is 24.0 Å². The van der Waals surface area contributed by atoms with E-state index in [4.69, 9.17) is 14.1 Å². The minimum Gasteiger partial charge on any atom is -0.483 e. The van der Waals surface area contributed by atoms with Gasteiger partial charge in [0.1, 0.15) is 27.8 Å². The Morgan fingerprint density at radius 2 is 2.03 bits per heavy atom. The minimum absolute atomic E-state index is 0.557. The molecule has 8 nitrogen and oxygen atoms in total. The molecule has 5 aromatic rings. The lowest BCUT2D eigenvalue weighted by Crippen LogP contribution is -1.99. The SMILES string of the molecule is CCc1cc(CCc2csc(-c3cnccn3)n2)c2cc(-c3cn(/N=C(\C)OC)c(C)n3)oc2c1. The fourth-order valence-electron chi connectivity index (χ4n) is 3.90. The van der Waals surface area contributed by atoms with E-state index in [2.05, 4.69) is 50.6 Å². The molecule has 9 heteroatoms. The second-order valence-corrected chi connectivity index (χ2v) is 9.06. The van der Waals surface area contributed by atoms with Gasteiger partial charge in [-0.3, -0.25) is 9.97 Å². The molecular weight excluding hydrogens is 460 g/mol. The highest BCUT2D eigenvalue weighted by molar-refractivity contribution is 7.13. The second kappa shape index (κ2) is 9.79. The summed E-state index contributed by atoms with van der Waals surface area (Å²) in [6.07, 6.45) is 9.59. The molecule has 4 aromatic heterocycles. The summed E-state index contributed by atoms with van der Waals surface area (Å²) in [5.41, 5.74) is 5.95. The fraction of sp³-hybridized carbons (Fsp3) is 0.269. The van der Waals surface area contributed by atoms with E-state index < -0.39 is 0 Å². The number of methoxy groups -OCH3 is 1. The first-order valence-electron chi connectivity index (χ1n) is 11.5. The van der Waals surface area contributed by atoms with Crippen molar-refractivity contribution < 1.29 is 9.15 Å². The number of imidazole rings is 1. The number of nitrogens with zero attached hydrogens (tertiary/aromatic N) is 6. The van der Waals surface area contributed by atoms with E-state index in [9.17, 15) is 0 Å². The summed E-state index contributed by atoms with van der Waals surface area (Å²) in [5.74, 6) is 2.04.